The summed E-state index contributed by atoms with van der Waals surface area (Å²) in [6.45, 7) is 22.9. The molecule has 730 valence electrons. The first kappa shape index (κ1) is 116. The van der Waals surface area contributed by atoms with Gasteiger partial charge in [-0.25, -0.2) is 4.79 Å². The normalized spacial score (nSPS) is 12.8. The number of carbonyl (C=O) groups is 10. The average Bonchev–Trinajstić information content (AvgIpc) is 0.948. The number of nitrogens with one attached hydrogen (secondary N) is 3. The highest BCUT2D eigenvalue weighted by molar-refractivity contribution is 5.86. The lowest BCUT2D eigenvalue weighted by Gasteiger charge is -2.24. The molecule has 0 aliphatic rings. The third kappa shape index (κ3) is 45.5. The molecule has 0 heterocycles. The second-order valence-corrected chi connectivity index (χ2v) is 34.5. The van der Waals surface area contributed by atoms with Crippen LogP contribution in [0.4, 0.5) is 4.79 Å². The standard InChI is InChI=1S/2C24H29NO5.C23H29NO4.2C20H25NO2.2ClH/c2*1-3-30-24(29)17(2)15-21(25-22(26)13-14-23(27)28)16-18-9-11-20(12-10-18)19-7-5-4-6-8-19;1-16(21(25)26)14-20(24-22(27)28-23(2,3)4)15-17-10-12-19(13-11-17)18-8-6-5-7-9-18;2*1-3-23-20(22)15(2)13-19(21)14-16-9-11-18(12-10-16)17-7-5-4-6-8-17;;/h2*4-12,17,21H,3,13-16H2,1-2H3,(H,25,26)(H,27,28);5-13,16,20H,14-15H2,1-4H3,(H,24,27)(H,25,26);2*4-12,15,19H,3,13-14,21H2,1-2H3;2*1H. The number of alkyl carbamates (subject to hydrolysis) is 1. The van der Waals surface area contributed by atoms with Gasteiger partial charge in [0, 0.05) is 43.1 Å². The third-order valence-corrected chi connectivity index (χ3v) is 21.7. The Morgan fingerprint density at radius 3 is 0.706 bits per heavy atom. The number of hydrogen-bond acceptors (Lipinski definition) is 17. The molecule has 10 unspecified atom stereocenters. The quantitative estimate of drug-likeness (QED) is 0.0130. The van der Waals surface area contributed by atoms with Gasteiger partial charge in [0.15, 0.2) is 0 Å². The molecule has 10 aromatic rings. The van der Waals surface area contributed by atoms with E-state index in [-0.39, 0.29) is 140 Å². The minimum Gasteiger partial charge on any atom is -0.481 e. The second-order valence-electron chi connectivity index (χ2n) is 34.5. The van der Waals surface area contributed by atoms with Gasteiger partial charge in [-0.15, -0.1) is 24.8 Å². The van der Waals surface area contributed by atoms with Crippen molar-refractivity contribution in [2.24, 2.45) is 41.1 Å². The monoisotopic (exact) mass is 1900 g/mol. The minimum atomic E-state index is -1.02. The predicted molar refractivity (Wildman–Crippen MR) is 542 cm³/mol. The minimum absolute atomic E-state index is 0. The Kier molecular flexibility index (Phi) is 53.3. The van der Waals surface area contributed by atoms with Gasteiger partial charge < -0.3 is 66.4 Å². The van der Waals surface area contributed by atoms with E-state index >= 15 is 0 Å². The number of nitrogens with two attached hydrogens (primary N) is 2. The number of aliphatic carboxylic acids is 3. The summed E-state index contributed by atoms with van der Waals surface area (Å²) < 4.78 is 25.5. The molecule has 3 amide bonds. The summed E-state index contributed by atoms with van der Waals surface area (Å²) in [5.41, 5.74) is 28.7. The number of esters is 4. The van der Waals surface area contributed by atoms with E-state index in [4.69, 9.17) is 45.4 Å². The number of ether oxygens (including phenoxy) is 5. The maximum atomic E-state index is 12.2. The molecule has 0 bridgehead atoms. The largest absolute Gasteiger partial charge is 0.481 e. The summed E-state index contributed by atoms with van der Waals surface area (Å²) in [6, 6.07) is 90.9. The van der Waals surface area contributed by atoms with Gasteiger partial charge in [0.05, 0.1) is 68.9 Å². The Bertz CT molecular complexity index is 4920. The third-order valence-electron chi connectivity index (χ3n) is 21.7. The van der Waals surface area contributed by atoms with E-state index in [0.717, 1.165) is 62.9 Å². The van der Waals surface area contributed by atoms with Gasteiger partial charge in [-0.2, -0.15) is 0 Å². The summed E-state index contributed by atoms with van der Waals surface area (Å²) in [7, 11) is 0. The molecule has 23 nitrogen and oxygen atoms in total. The molecule has 0 aliphatic carbocycles. The van der Waals surface area contributed by atoms with Gasteiger partial charge in [0.25, 0.3) is 0 Å². The van der Waals surface area contributed by atoms with Crippen molar-refractivity contribution in [1.29, 1.82) is 0 Å². The maximum absolute atomic E-state index is 12.2. The van der Waals surface area contributed by atoms with E-state index in [1.807, 2.05) is 216 Å². The molecule has 0 radical (unpaired) electrons. The lowest BCUT2D eigenvalue weighted by atomic mass is 9.94. The summed E-state index contributed by atoms with van der Waals surface area (Å²) in [5.74, 6) is -6.15. The van der Waals surface area contributed by atoms with Crippen molar-refractivity contribution in [2.45, 2.75) is 209 Å². The van der Waals surface area contributed by atoms with Crippen LogP contribution < -0.4 is 27.4 Å². The fourth-order valence-electron chi connectivity index (χ4n) is 14.9. The maximum Gasteiger partial charge on any atom is 0.407 e. The Morgan fingerprint density at radius 1 is 0.287 bits per heavy atom. The molecule has 0 spiro atoms. The molecule has 0 aliphatic heterocycles. The van der Waals surface area contributed by atoms with E-state index < -0.39 is 35.5 Å². The first-order valence-corrected chi connectivity index (χ1v) is 46.2. The van der Waals surface area contributed by atoms with Gasteiger partial charge in [-0.1, -0.05) is 308 Å². The average molecular weight is 1900 g/mol. The Hall–Kier alpha value is -12.8. The van der Waals surface area contributed by atoms with E-state index in [1.54, 1.807) is 55.4 Å². The van der Waals surface area contributed by atoms with Crippen LogP contribution in [0.5, 0.6) is 0 Å². The Morgan fingerprint density at radius 2 is 0.493 bits per heavy atom. The van der Waals surface area contributed by atoms with Crippen molar-refractivity contribution in [1.82, 2.24) is 16.0 Å². The number of hydrogen-bond donors (Lipinski definition) is 8. The molecule has 10 rings (SSSR count). The molecular weight excluding hydrogens is 1760 g/mol. The van der Waals surface area contributed by atoms with Crippen LogP contribution in [-0.4, -0.2) is 137 Å². The first-order chi connectivity index (χ1) is 64.1. The molecule has 0 aromatic heterocycles. The molecule has 136 heavy (non-hydrogen) atoms. The smallest absolute Gasteiger partial charge is 0.407 e. The van der Waals surface area contributed by atoms with Crippen LogP contribution in [0.1, 0.15) is 169 Å². The van der Waals surface area contributed by atoms with Gasteiger partial charge in [0.2, 0.25) is 11.8 Å². The van der Waals surface area contributed by atoms with Crippen LogP contribution >= 0.6 is 24.8 Å². The van der Waals surface area contributed by atoms with Gasteiger partial charge in [-0.3, -0.25) is 43.2 Å². The summed E-state index contributed by atoms with van der Waals surface area (Å²) in [5, 5.41) is 35.4. The number of benzene rings is 10. The highest BCUT2D eigenvalue weighted by Crippen LogP contribution is 2.28. The number of carboxylic acids is 3. The van der Waals surface area contributed by atoms with Crippen molar-refractivity contribution >= 4 is 84.5 Å². The zero-order chi connectivity index (χ0) is 97.9. The second kappa shape index (κ2) is 62.7. The number of halogens is 2. The van der Waals surface area contributed by atoms with Crippen LogP contribution in [0.2, 0.25) is 0 Å². The van der Waals surface area contributed by atoms with Crippen molar-refractivity contribution in [3.8, 4) is 55.6 Å². The fraction of sp³-hybridized carbons (Fsp3) is 0.369. The first-order valence-electron chi connectivity index (χ1n) is 46.2. The Balaban J connectivity index is 0.000000355. The van der Waals surface area contributed by atoms with Crippen LogP contribution in [0.3, 0.4) is 0 Å². The Labute approximate surface area is 815 Å². The van der Waals surface area contributed by atoms with Crippen molar-refractivity contribution in [2.75, 3.05) is 26.4 Å². The van der Waals surface area contributed by atoms with Gasteiger partial charge >= 0.3 is 47.9 Å². The SMILES string of the molecule is CC(CC(Cc1ccc(-c2ccccc2)cc1)NC(=O)OC(C)(C)C)C(=O)O.CCOC(=O)C(C)CC(Cc1ccc(-c2ccccc2)cc1)NC(=O)CCC(=O)O.CCOC(=O)C(C)CC(Cc1ccc(-c2ccccc2)cc1)NC(=O)CCC(=O)O.CCOC(=O)C(C)CC(N)Cc1ccc(-c2ccccc2)cc1.CCOC(=O)C(C)CC(N)Cc1ccc(-c2ccccc2)cc1.Cl.Cl. The van der Waals surface area contributed by atoms with Crippen molar-refractivity contribution in [3.63, 3.8) is 0 Å². The number of carboxylic acid groups (broad SMARTS) is 3. The molecule has 0 fully saturated rings. The zero-order valence-corrected chi connectivity index (χ0v) is 82.1. The summed E-state index contributed by atoms with van der Waals surface area (Å²) >= 11 is 0. The summed E-state index contributed by atoms with van der Waals surface area (Å²) in [6.07, 6.45) is 4.41. The van der Waals surface area contributed by atoms with E-state index in [1.165, 1.54) is 33.4 Å². The molecular formula is C111H139Cl2N5O18. The number of amides is 3. The lowest BCUT2D eigenvalue weighted by molar-refractivity contribution is -0.148. The number of rotatable bonds is 43. The van der Waals surface area contributed by atoms with Gasteiger partial charge in [-0.05, 0) is 196 Å². The fourth-order valence-corrected chi connectivity index (χ4v) is 14.9. The van der Waals surface area contributed by atoms with E-state index in [2.05, 4.69) is 101 Å². The number of carbonyl (C=O) groups excluding carboxylic acids is 7. The van der Waals surface area contributed by atoms with Gasteiger partial charge in [0.1, 0.15) is 5.60 Å². The predicted octanol–water partition coefficient (Wildman–Crippen LogP) is 21.0. The van der Waals surface area contributed by atoms with Crippen molar-refractivity contribution in [3.05, 3.63) is 301 Å². The van der Waals surface area contributed by atoms with Crippen LogP contribution in [0.25, 0.3) is 55.6 Å². The molecule has 0 saturated carbocycles. The van der Waals surface area contributed by atoms with E-state index in [0.29, 0.717) is 77.8 Å². The summed E-state index contributed by atoms with van der Waals surface area (Å²) in [4.78, 5) is 117. The van der Waals surface area contributed by atoms with Crippen molar-refractivity contribution < 1.29 is 86.9 Å². The zero-order valence-electron chi connectivity index (χ0n) is 80.4. The molecule has 0 saturated heterocycles. The van der Waals surface area contributed by atoms with Crippen LogP contribution in [0, 0.1) is 29.6 Å². The molecule has 25 heteroatoms. The lowest BCUT2D eigenvalue weighted by Crippen LogP contribution is -2.41. The highest BCUT2D eigenvalue weighted by atomic mass is 35.5. The van der Waals surface area contributed by atoms with Crippen LogP contribution in [0.15, 0.2) is 273 Å². The van der Waals surface area contributed by atoms with E-state index in [9.17, 15) is 53.1 Å². The van der Waals surface area contributed by atoms with Crippen LogP contribution in [-0.2, 0) is 98.9 Å². The topological polar surface area (TPSA) is 366 Å². The molecule has 10 atom stereocenters. The highest BCUT2D eigenvalue weighted by Gasteiger charge is 2.28. The molecule has 10 aromatic carbocycles. The molecule has 10 N–H and O–H groups in total.